The fourth-order valence-electron chi connectivity index (χ4n) is 3.64. The number of carbonyl (C=O) groups is 2. The van der Waals surface area contributed by atoms with Crippen LogP contribution in [0.4, 0.5) is 5.69 Å². The van der Waals surface area contributed by atoms with Crippen molar-refractivity contribution in [3.05, 3.63) is 59.2 Å². The lowest BCUT2D eigenvalue weighted by molar-refractivity contribution is -0.122. The number of anilines is 1. The van der Waals surface area contributed by atoms with E-state index in [1.807, 2.05) is 6.07 Å². The van der Waals surface area contributed by atoms with E-state index in [0.29, 0.717) is 5.69 Å². The van der Waals surface area contributed by atoms with Crippen molar-refractivity contribution in [1.29, 1.82) is 0 Å². The lowest BCUT2D eigenvalue weighted by Gasteiger charge is -2.34. The molecule has 0 radical (unpaired) electrons. The molecule has 2 aromatic carbocycles. The maximum absolute atomic E-state index is 12.9. The first kappa shape index (κ1) is 19.9. The van der Waals surface area contributed by atoms with Crippen molar-refractivity contribution in [3.63, 3.8) is 0 Å². The number of phenols is 1. The highest BCUT2D eigenvalue weighted by molar-refractivity contribution is 5.97. The van der Waals surface area contributed by atoms with Crippen LogP contribution in [0.5, 0.6) is 5.75 Å². The summed E-state index contributed by atoms with van der Waals surface area (Å²) in [6, 6.07) is 12.5. The Bertz CT molecular complexity index is 865. The Morgan fingerprint density at radius 2 is 2.04 bits per heavy atom. The van der Waals surface area contributed by atoms with Gasteiger partial charge < -0.3 is 15.2 Å². The Hall–Kier alpha value is -2.86. The summed E-state index contributed by atoms with van der Waals surface area (Å²) in [6.07, 6.45) is 2.88. The van der Waals surface area contributed by atoms with E-state index >= 15 is 0 Å². The molecule has 28 heavy (non-hydrogen) atoms. The summed E-state index contributed by atoms with van der Waals surface area (Å²) in [5, 5.41) is 12.9. The minimum absolute atomic E-state index is 0.0687. The number of carbonyl (C=O) groups excluding carboxylic acids is 2. The van der Waals surface area contributed by atoms with Gasteiger partial charge in [0.1, 0.15) is 11.3 Å². The molecule has 6 heteroatoms. The van der Waals surface area contributed by atoms with Crippen molar-refractivity contribution < 1.29 is 19.4 Å². The maximum Gasteiger partial charge on any atom is 0.341 e. The standard InChI is InChI=1S/C22H26N2O4/c1-15-6-5-7-16(12-15)14-24-11-4-3-8-19(24)21(26)23-17-9-10-18(20(25)13-17)22(27)28-2/h5-7,9-10,12-13,19,25H,3-4,8,11,14H2,1-2H3,(H,23,26). The van der Waals surface area contributed by atoms with Gasteiger partial charge in [0.2, 0.25) is 5.91 Å². The Morgan fingerprint density at radius 1 is 1.21 bits per heavy atom. The molecule has 0 bridgehead atoms. The molecule has 1 saturated heterocycles. The van der Waals surface area contributed by atoms with Crippen LogP contribution in [0.1, 0.15) is 40.7 Å². The molecular weight excluding hydrogens is 356 g/mol. The van der Waals surface area contributed by atoms with E-state index in [2.05, 4.69) is 40.1 Å². The van der Waals surface area contributed by atoms with E-state index in [0.717, 1.165) is 32.4 Å². The van der Waals surface area contributed by atoms with Gasteiger partial charge in [0.05, 0.1) is 13.2 Å². The number of methoxy groups -OCH3 is 1. The molecule has 1 aliphatic heterocycles. The normalized spacial score (nSPS) is 17.1. The molecule has 1 amide bonds. The van der Waals surface area contributed by atoms with Gasteiger partial charge >= 0.3 is 5.97 Å². The number of likely N-dealkylation sites (tertiary alicyclic amines) is 1. The second-order valence-electron chi connectivity index (χ2n) is 7.18. The number of rotatable bonds is 5. The number of nitrogens with zero attached hydrogens (tertiary/aromatic N) is 1. The van der Waals surface area contributed by atoms with Crippen LogP contribution in [0.15, 0.2) is 42.5 Å². The van der Waals surface area contributed by atoms with Gasteiger partial charge in [-0.25, -0.2) is 4.79 Å². The van der Waals surface area contributed by atoms with E-state index < -0.39 is 5.97 Å². The number of aryl methyl sites for hydroxylation is 1. The largest absolute Gasteiger partial charge is 0.507 e. The van der Waals surface area contributed by atoms with Gasteiger partial charge in [-0.1, -0.05) is 36.2 Å². The molecule has 1 atom stereocenters. The molecule has 1 aliphatic rings. The molecule has 3 rings (SSSR count). The average Bonchev–Trinajstić information content (AvgIpc) is 2.68. The topological polar surface area (TPSA) is 78.9 Å². The zero-order chi connectivity index (χ0) is 20.1. The van der Waals surface area contributed by atoms with Crippen molar-refractivity contribution >= 4 is 17.6 Å². The molecule has 148 valence electrons. The third kappa shape index (κ3) is 4.70. The van der Waals surface area contributed by atoms with Crippen LogP contribution in [0.2, 0.25) is 0 Å². The molecule has 2 aromatic rings. The van der Waals surface area contributed by atoms with Gasteiger partial charge in [-0.2, -0.15) is 0 Å². The maximum atomic E-state index is 12.9. The first-order valence-corrected chi connectivity index (χ1v) is 9.49. The molecule has 1 fully saturated rings. The van der Waals surface area contributed by atoms with Gasteiger partial charge in [-0.05, 0) is 44.0 Å². The Labute approximate surface area is 165 Å². The predicted octanol–water partition coefficient (Wildman–Crippen LogP) is 3.48. The van der Waals surface area contributed by atoms with Crippen LogP contribution in [0.3, 0.4) is 0 Å². The lowest BCUT2D eigenvalue weighted by atomic mass is 10.00. The van der Waals surface area contributed by atoms with Crippen LogP contribution in [0.25, 0.3) is 0 Å². The molecule has 6 nitrogen and oxygen atoms in total. The van der Waals surface area contributed by atoms with Crippen LogP contribution in [-0.4, -0.2) is 41.6 Å². The van der Waals surface area contributed by atoms with Gasteiger partial charge in [0, 0.05) is 18.3 Å². The highest BCUT2D eigenvalue weighted by Crippen LogP contribution is 2.25. The van der Waals surface area contributed by atoms with Crippen molar-refractivity contribution in [2.24, 2.45) is 0 Å². The Morgan fingerprint density at radius 3 is 2.75 bits per heavy atom. The van der Waals surface area contributed by atoms with E-state index in [9.17, 15) is 14.7 Å². The lowest BCUT2D eigenvalue weighted by Crippen LogP contribution is -2.46. The van der Waals surface area contributed by atoms with Crippen LogP contribution >= 0.6 is 0 Å². The predicted molar refractivity (Wildman–Crippen MR) is 107 cm³/mol. The third-order valence-electron chi connectivity index (χ3n) is 5.06. The summed E-state index contributed by atoms with van der Waals surface area (Å²) in [4.78, 5) is 26.7. The average molecular weight is 382 g/mol. The van der Waals surface area contributed by atoms with E-state index in [1.165, 1.54) is 30.4 Å². The summed E-state index contributed by atoms with van der Waals surface area (Å²) in [7, 11) is 1.25. The summed E-state index contributed by atoms with van der Waals surface area (Å²) >= 11 is 0. The zero-order valence-corrected chi connectivity index (χ0v) is 16.3. The van der Waals surface area contributed by atoms with Crippen molar-refractivity contribution in [2.75, 3.05) is 19.0 Å². The summed E-state index contributed by atoms with van der Waals surface area (Å²) < 4.78 is 4.62. The number of phenolic OH excluding ortho intramolecular Hbond substituents is 1. The minimum atomic E-state index is -0.619. The first-order chi connectivity index (χ1) is 13.5. The molecule has 1 heterocycles. The fourth-order valence-corrected chi connectivity index (χ4v) is 3.64. The van der Waals surface area contributed by atoms with Gasteiger partial charge in [0.25, 0.3) is 0 Å². The second-order valence-corrected chi connectivity index (χ2v) is 7.18. The summed E-state index contributed by atoms with van der Waals surface area (Å²) in [5.74, 6) is -0.936. The monoisotopic (exact) mass is 382 g/mol. The number of esters is 1. The molecule has 2 N–H and O–H groups in total. The number of benzene rings is 2. The number of hydrogen-bond acceptors (Lipinski definition) is 5. The van der Waals surface area contributed by atoms with Crippen LogP contribution in [-0.2, 0) is 16.1 Å². The number of piperidine rings is 1. The molecule has 0 aromatic heterocycles. The van der Waals surface area contributed by atoms with Crippen LogP contribution in [0, 0.1) is 6.92 Å². The van der Waals surface area contributed by atoms with Gasteiger partial charge in [-0.15, -0.1) is 0 Å². The molecule has 0 spiro atoms. The molecule has 1 unspecified atom stereocenters. The van der Waals surface area contributed by atoms with E-state index in [4.69, 9.17) is 0 Å². The van der Waals surface area contributed by atoms with Crippen molar-refractivity contribution in [2.45, 2.75) is 38.8 Å². The summed E-state index contributed by atoms with van der Waals surface area (Å²) in [6.45, 7) is 3.67. The smallest absolute Gasteiger partial charge is 0.341 e. The number of hydrogen-bond donors (Lipinski definition) is 2. The quantitative estimate of drug-likeness (QED) is 0.774. The van der Waals surface area contributed by atoms with E-state index in [-0.39, 0.29) is 23.3 Å². The van der Waals surface area contributed by atoms with Crippen molar-refractivity contribution in [3.8, 4) is 5.75 Å². The molecule has 0 saturated carbocycles. The van der Waals surface area contributed by atoms with Crippen molar-refractivity contribution in [1.82, 2.24) is 4.90 Å². The Balaban J connectivity index is 1.71. The number of amides is 1. The van der Waals surface area contributed by atoms with Crippen LogP contribution < -0.4 is 5.32 Å². The summed E-state index contributed by atoms with van der Waals surface area (Å²) in [5.41, 5.74) is 2.92. The highest BCUT2D eigenvalue weighted by Gasteiger charge is 2.29. The first-order valence-electron chi connectivity index (χ1n) is 9.49. The SMILES string of the molecule is COC(=O)c1ccc(NC(=O)C2CCCCN2Cc2cccc(C)c2)cc1O. The zero-order valence-electron chi connectivity index (χ0n) is 16.3. The minimum Gasteiger partial charge on any atom is -0.507 e. The third-order valence-corrected chi connectivity index (χ3v) is 5.06. The highest BCUT2D eigenvalue weighted by atomic mass is 16.5. The number of aromatic hydroxyl groups is 1. The van der Waals surface area contributed by atoms with Gasteiger partial charge in [-0.3, -0.25) is 9.69 Å². The number of ether oxygens (including phenoxy) is 1. The van der Waals surface area contributed by atoms with Gasteiger partial charge in [0.15, 0.2) is 0 Å². The fraction of sp³-hybridized carbons (Fsp3) is 0.364. The molecular formula is C22H26N2O4. The number of nitrogens with one attached hydrogen (secondary N) is 1. The Kier molecular flexibility index (Phi) is 6.31. The second kappa shape index (κ2) is 8.89. The van der Waals surface area contributed by atoms with E-state index in [1.54, 1.807) is 6.07 Å². The molecule has 0 aliphatic carbocycles.